The van der Waals surface area contributed by atoms with Gasteiger partial charge in [-0.25, -0.2) is 0 Å². The van der Waals surface area contributed by atoms with E-state index in [1.54, 1.807) is 0 Å². The van der Waals surface area contributed by atoms with E-state index in [0.717, 1.165) is 27.5 Å². The first-order valence-corrected chi connectivity index (χ1v) is 7.32. The first-order chi connectivity index (χ1) is 10.7. The van der Waals surface area contributed by atoms with E-state index in [9.17, 15) is 10.4 Å². The molecule has 0 amide bonds. The molecule has 0 aliphatic carbocycles. The molecule has 2 nitrogen and oxygen atoms in total. The second-order valence-corrected chi connectivity index (χ2v) is 5.53. The number of benzene rings is 3. The average molecular weight is 287 g/mol. The standard InChI is InChI=1S/C20H17NO/c1-14-9-11-16(12-10-14)20(22)19(13-21)18-8-4-6-15-5-2-3-7-17(15)18/h2-12,19-20,22H,1H3/t19-,20-/m1/s1. The van der Waals surface area contributed by atoms with Gasteiger partial charge in [0, 0.05) is 0 Å². The number of nitriles is 1. The Balaban J connectivity index is 2.07. The molecule has 0 unspecified atom stereocenters. The van der Waals surface area contributed by atoms with Gasteiger partial charge in [-0.15, -0.1) is 0 Å². The monoisotopic (exact) mass is 287 g/mol. The summed E-state index contributed by atoms with van der Waals surface area (Å²) in [6.07, 6.45) is -0.837. The van der Waals surface area contributed by atoms with Crippen LogP contribution in [0, 0.1) is 18.3 Å². The second kappa shape index (κ2) is 6.01. The van der Waals surface area contributed by atoms with Gasteiger partial charge >= 0.3 is 0 Å². The normalized spacial score (nSPS) is 13.5. The molecular weight excluding hydrogens is 270 g/mol. The summed E-state index contributed by atoms with van der Waals surface area (Å²) in [5.41, 5.74) is 2.77. The van der Waals surface area contributed by atoms with Crippen LogP contribution in [0.3, 0.4) is 0 Å². The maximum Gasteiger partial charge on any atom is 0.102 e. The average Bonchev–Trinajstić information content (AvgIpc) is 2.56. The van der Waals surface area contributed by atoms with Gasteiger partial charge in [0.05, 0.1) is 12.2 Å². The third kappa shape index (κ3) is 2.59. The maximum absolute atomic E-state index is 10.7. The zero-order valence-corrected chi connectivity index (χ0v) is 12.4. The van der Waals surface area contributed by atoms with E-state index in [-0.39, 0.29) is 0 Å². The van der Waals surface area contributed by atoms with Crippen LogP contribution in [0.1, 0.15) is 28.7 Å². The minimum atomic E-state index is -0.837. The number of hydrogen-bond donors (Lipinski definition) is 1. The van der Waals surface area contributed by atoms with Crippen LogP contribution in [0.15, 0.2) is 66.7 Å². The summed E-state index contributed by atoms with van der Waals surface area (Å²) >= 11 is 0. The van der Waals surface area contributed by atoms with E-state index in [4.69, 9.17) is 0 Å². The molecule has 3 aromatic carbocycles. The van der Waals surface area contributed by atoms with Crippen molar-refractivity contribution in [1.82, 2.24) is 0 Å². The fourth-order valence-electron chi connectivity index (χ4n) is 2.79. The number of fused-ring (bicyclic) bond motifs is 1. The third-order valence-corrected chi connectivity index (χ3v) is 4.03. The highest BCUT2D eigenvalue weighted by Gasteiger charge is 2.24. The van der Waals surface area contributed by atoms with Gasteiger partial charge in [-0.2, -0.15) is 5.26 Å². The zero-order valence-electron chi connectivity index (χ0n) is 12.4. The lowest BCUT2D eigenvalue weighted by Crippen LogP contribution is -2.09. The fourth-order valence-corrected chi connectivity index (χ4v) is 2.79. The fraction of sp³-hybridized carbons (Fsp3) is 0.150. The van der Waals surface area contributed by atoms with E-state index in [1.807, 2.05) is 73.7 Å². The molecule has 0 spiro atoms. The van der Waals surface area contributed by atoms with Gasteiger partial charge in [0.25, 0.3) is 0 Å². The summed E-state index contributed by atoms with van der Waals surface area (Å²) in [7, 11) is 0. The molecule has 0 fully saturated rings. The lowest BCUT2D eigenvalue weighted by atomic mass is 9.87. The largest absolute Gasteiger partial charge is 0.387 e. The number of hydrogen-bond acceptors (Lipinski definition) is 2. The molecule has 0 heterocycles. The highest BCUT2D eigenvalue weighted by Crippen LogP contribution is 2.34. The third-order valence-electron chi connectivity index (χ3n) is 4.03. The number of nitrogens with zero attached hydrogens (tertiary/aromatic N) is 1. The van der Waals surface area contributed by atoms with Crippen molar-refractivity contribution in [3.8, 4) is 6.07 Å². The summed E-state index contributed by atoms with van der Waals surface area (Å²) in [5, 5.41) is 22.4. The molecular formula is C20H17NO. The van der Waals surface area contributed by atoms with Gasteiger partial charge < -0.3 is 5.11 Å². The second-order valence-electron chi connectivity index (χ2n) is 5.53. The Morgan fingerprint density at radius 2 is 1.59 bits per heavy atom. The summed E-state index contributed by atoms with van der Waals surface area (Å²) in [4.78, 5) is 0. The van der Waals surface area contributed by atoms with E-state index >= 15 is 0 Å². The maximum atomic E-state index is 10.7. The predicted molar refractivity (Wildman–Crippen MR) is 88.4 cm³/mol. The Morgan fingerprint density at radius 3 is 2.32 bits per heavy atom. The first-order valence-electron chi connectivity index (χ1n) is 7.32. The highest BCUT2D eigenvalue weighted by molar-refractivity contribution is 5.86. The van der Waals surface area contributed by atoms with Crippen LogP contribution >= 0.6 is 0 Å². The van der Waals surface area contributed by atoms with Crippen LogP contribution < -0.4 is 0 Å². The van der Waals surface area contributed by atoms with Crippen molar-refractivity contribution >= 4 is 10.8 Å². The van der Waals surface area contributed by atoms with Crippen LogP contribution in [0.2, 0.25) is 0 Å². The van der Waals surface area contributed by atoms with E-state index in [2.05, 4.69) is 6.07 Å². The lowest BCUT2D eigenvalue weighted by molar-refractivity contribution is 0.164. The van der Waals surface area contributed by atoms with E-state index < -0.39 is 12.0 Å². The molecule has 2 atom stereocenters. The predicted octanol–water partition coefficient (Wildman–Crippen LogP) is 4.49. The van der Waals surface area contributed by atoms with Crippen molar-refractivity contribution in [2.24, 2.45) is 0 Å². The molecule has 3 rings (SSSR count). The van der Waals surface area contributed by atoms with Crippen LogP contribution in [-0.2, 0) is 0 Å². The number of rotatable bonds is 3. The Bertz CT molecular complexity index is 825. The van der Waals surface area contributed by atoms with E-state index in [1.165, 1.54) is 0 Å². The Labute approximate surface area is 130 Å². The van der Waals surface area contributed by atoms with Crippen molar-refractivity contribution in [3.05, 3.63) is 83.4 Å². The van der Waals surface area contributed by atoms with Gasteiger partial charge in [-0.1, -0.05) is 72.3 Å². The number of aliphatic hydroxyl groups is 1. The molecule has 0 saturated heterocycles. The first kappa shape index (κ1) is 14.3. The lowest BCUT2D eigenvalue weighted by Gasteiger charge is -2.19. The molecule has 0 saturated carbocycles. The van der Waals surface area contributed by atoms with Gasteiger partial charge in [0.15, 0.2) is 0 Å². The van der Waals surface area contributed by atoms with Gasteiger partial charge in [0.2, 0.25) is 0 Å². The van der Waals surface area contributed by atoms with Gasteiger partial charge in [-0.05, 0) is 28.8 Å². The van der Waals surface area contributed by atoms with Crippen molar-refractivity contribution in [1.29, 1.82) is 5.26 Å². The molecule has 0 aliphatic heterocycles. The van der Waals surface area contributed by atoms with Crippen LogP contribution in [0.5, 0.6) is 0 Å². The summed E-state index contributed by atoms with van der Waals surface area (Å²) in [6.45, 7) is 2.00. The highest BCUT2D eigenvalue weighted by atomic mass is 16.3. The summed E-state index contributed by atoms with van der Waals surface area (Å²) in [5.74, 6) is -0.589. The quantitative estimate of drug-likeness (QED) is 0.771. The Hall–Kier alpha value is -2.63. The number of aryl methyl sites for hydroxylation is 1. The van der Waals surface area contributed by atoms with Gasteiger partial charge in [-0.3, -0.25) is 0 Å². The molecule has 108 valence electrons. The SMILES string of the molecule is Cc1ccc([C@@H](O)[C@H](C#N)c2cccc3ccccc23)cc1. The van der Waals surface area contributed by atoms with Crippen LogP contribution in [0.4, 0.5) is 0 Å². The molecule has 22 heavy (non-hydrogen) atoms. The summed E-state index contributed by atoms with van der Waals surface area (Å²) < 4.78 is 0. The smallest absolute Gasteiger partial charge is 0.102 e. The van der Waals surface area contributed by atoms with E-state index in [0.29, 0.717) is 0 Å². The molecule has 2 heteroatoms. The number of aliphatic hydroxyl groups excluding tert-OH is 1. The molecule has 0 aliphatic rings. The molecule has 3 aromatic rings. The molecule has 0 bridgehead atoms. The minimum absolute atomic E-state index is 0.589. The Kier molecular flexibility index (Phi) is 3.91. The summed E-state index contributed by atoms with van der Waals surface area (Å²) in [6, 6.07) is 23.8. The van der Waals surface area contributed by atoms with Crippen molar-refractivity contribution in [3.63, 3.8) is 0 Å². The van der Waals surface area contributed by atoms with Crippen LogP contribution in [0.25, 0.3) is 10.8 Å². The van der Waals surface area contributed by atoms with Gasteiger partial charge in [0.1, 0.15) is 5.92 Å². The molecule has 0 aromatic heterocycles. The van der Waals surface area contributed by atoms with Crippen molar-refractivity contribution in [2.45, 2.75) is 18.9 Å². The van der Waals surface area contributed by atoms with Crippen molar-refractivity contribution < 1.29 is 5.11 Å². The van der Waals surface area contributed by atoms with Crippen molar-refractivity contribution in [2.75, 3.05) is 0 Å². The zero-order chi connectivity index (χ0) is 15.5. The molecule has 0 radical (unpaired) electrons. The molecule has 1 N–H and O–H groups in total. The minimum Gasteiger partial charge on any atom is -0.387 e. The topological polar surface area (TPSA) is 44.0 Å². The van der Waals surface area contributed by atoms with Crippen LogP contribution in [-0.4, -0.2) is 5.11 Å². The Morgan fingerprint density at radius 1 is 0.909 bits per heavy atom.